The molecular formula is C13H18FNO3. The molecule has 0 heterocycles. The molecule has 0 spiro atoms. The summed E-state index contributed by atoms with van der Waals surface area (Å²) < 4.78 is 18.1. The topological polar surface area (TPSA) is 58.6 Å². The fourth-order valence-electron chi connectivity index (χ4n) is 1.31. The maximum atomic E-state index is 13.2. The van der Waals surface area contributed by atoms with E-state index in [9.17, 15) is 14.3 Å². The Labute approximate surface area is 106 Å². The summed E-state index contributed by atoms with van der Waals surface area (Å²) in [6, 6.07) is 5.81. The van der Waals surface area contributed by atoms with Gasteiger partial charge in [0, 0.05) is 12.6 Å². The van der Waals surface area contributed by atoms with Crippen LogP contribution < -0.4 is 5.32 Å². The molecule has 100 valence electrons. The zero-order chi connectivity index (χ0) is 13.5. The van der Waals surface area contributed by atoms with Gasteiger partial charge in [0.15, 0.2) is 0 Å². The second-order valence-corrected chi connectivity index (χ2v) is 4.30. The summed E-state index contributed by atoms with van der Waals surface area (Å²) in [5.41, 5.74) is -0.124. The molecule has 0 saturated heterocycles. The largest absolute Gasteiger partial charge is 0.459 e. The molecule has 1 aromatic rings. The maximum Gasteiger partial charge on any atom is 0.341 e. The number of esters is 1. The van der Waals surface area contributed by atoms with Gasteiger partial charge in [-0.1, -0.05) is 26.0 Å². The lowest BCUT2D eigenvalue weighted by Crippen LogP contribution is -2.35. The number of aliphatic hydroxyl groups is 1. The van der Waals surface area contributed by atoms with Crippen molar-refractivity contribution in [2.75, 3.05) is 13.2 Å². The molecular weight excluding hydrogens is 237 g/mol. The molecule has 0 aliphatic carbocycles. The Hall–Kier alpha value is -1.46. The van der Waals surface area contributed by atoms with Crippen LogP contribution in [-0.4, -0.2) is 36.4 Å². The fourth-order valence-corrected chi connectivity index (χ4v) is 1.31. The van der Waals surface area contributed by atoms with Crippen LogP contribution in [0.4, 0.5) is 4.39 Å². The fraction of sp³-hybridized carbons (Fsp3) is 0.462. The van der Waals surface area contributed by atoms with E-state index >= 15 is 0 Å². The number of hydrogen-bond acceptors (Lipinski definition) is 4. The van der Waals surface area contributed by atoms with Crippen LogP contribution in [0.5, 0.6) is 0 Å². The van der Waals surface area contributed by atoms with Gasteiger partial charge in [-0.25, -0.2) is 9.18 Å². The quantitative estimate of drug-likeness (QED) is 0.753. The molecule has 0 saturated carbocycles. The molecule has 1 rings (SSSR count). The molecule has 0 bridgehead atoms. The number of halogens is 1. The number of ether oxygens (including phenoxy) is 1. The van der Waals surface area contributed by atoms with E-state index in [0.717, 1.165) is 0 Å². The van der Waals surface area contributed by atoms with Gasteiger partial charge in [0.2, 0.25) is 0 Å². The lowest BCUT2D eigenvalue weighted by atomic mass is 10.2. The van der Waals surface area contributed by atoms with Crippen LogP contribution in [-0.2, 0) is 4.74 Å². The van der Waals surface area contributed by atoms with Gasteiger partial charge < -0.3 is 15.2 Å². The Bertz CT molecular complexity index is 396. The van der Waals surface area contributed by atoms with Crippen molar-refractivity contribution in [2.24, 2.45) is 0 Å². The van der Waals surface area contributed by atoms with Gasteiger partial charge in [0.25, 0.3) is 0 Å². The predicted octanol–water partition coefficient (Wildman–Crippen LogP) is 1.34. The molecule has 0 aliphatic heterocycles. The van der Waals surface area contributed by atoms with Crippen LogP contribution in [0.25, 0.3) is 0 Å². The van der Waals surface area contributed by atoms with Gasteiger partial charge in [-0.3, -0.25) is 0 Å². The Morgan fingerprint density at radius 2 is 2.11 bits per heavy atom. The third-order valence-corrected chi connectivity index (χ3v) is 2.26. The lowest BCUT2D eigenvalue weighted by Gasteiger charge is -2.14. The molecule has 1 unspecified atom stereocenters. The molecule has 2 N–H and O–H groups in total. The maximum absolute atomic E-state index is 13.2. The van der Waals surface area contributed by atoms with E-state index in [1.165, 1.54) is 18.2 Å². The summed E-state index contributed by atoms with van der Waals surface area (Å²) >= 11 is 0. The molecule has 1 atom stereocenters. The summed E-state index contributed by atoms with van der Waals surface area (Å²) in [6.07, 6.45) is -0.803. The van der Waals surface area contributed by atoms with Crippen LogP contribution in [0.2, 0.25) is 0 Å². The molecule has 4 nitrogen and oxygen atoms in total. The summed E-state index contributed by atoms with van der Waals surface area (Å²) in [4.78, 5) is 11.5. The minimum atomic E-state index is -0.803. The van der Waals surface area contributed by atoms with Gasteiger partial charge in [0.05, 0.1) is 5.56 Å². The molecule has 5 heteroatoms. The molecule has 0 radical (unpaired) electrons. The average Bonchev–Trinajstić information content (AvgIpc) is 2.34. The summed E-state index contributed by atoms with van der Waals surface area (Å²) in [5.74, 6) is -1.39. The van der Waals surface area contributed by atoms with Crippen molar-refractivity contribution in [3.63, 3.8) is 0 Å². The molecule has 0 aromatic heterocycles. The SMILES string of the molecule is CC(C)NCC(O)COC(=O)c1ccccc1F. The highest BCUT2D eigenvalue weighted by Crippen LogP contribution is 2.07. The van der Waals surface area contributed by atoms with Gasteiger partial charge >= 0.3 is 5.97 Å². The number of carbonyl (C=O) groups is 1. The number of nitrogens with one attached hydrogen (secondary N) is 1. The van der Waals surface area contributed by atoms with Gasteiger partial charge in [0.1, 0.15) is 18.5 Å². The Kier molecular flexibility index (Phi) is 5.74. The number of rotatable bonds is 6. The van der Waals surface area contributed by atoms with E-state index in [-0.39, 0.29) is 18.2 Å². The van der Waals surface area contributed by atoms with Crippen LogP contribution >= 0.6 is 0 Å². The summed E-state index contributed by atoms with van der Waals surface area (Å²) in [7, 11) is 0. The average molecular weight is 255 g/mol. The van der Waals surface area contributed by atoms with Gasteiger partial charge in [-0.15, -0.1) is 0 Å². The minimum absolute atomic E-state index is 0.124. The second kappa shape index (κ2) is 7.08. The first-order valence-electron chi connectivity index (χ1n) is 5.83. The van der Waals surface area contributed by atoms with Crippen molar-refractivity contribution in [1.29, 1.82) is 0 Å². The molecule has 0 amide bonds. The Morgan fingerprint density at radius 1 is 1.44 bits per heavy atom. The zero-order valence-corrected chi connectivity index (χ0v) is 10.5. The molecule has 18 heavy (non-hydrogen) atoms. The number of aliphatic hydroxyl groups excluding tert-OH is 1. The monoisotopic (exact) mass is 255 g/mol. The highest BCUT2D eigenvalue weighted by molar-refractivity contribution is 5.89. The van der Waals surface area contributed by atoms with E-state index in [4.69, 9.17) is 4.74 Å². The first-order chi connectivity index (χ1) is 8.50. The Morgan fingerprint density at radius 3 is 2.72 bits per heavy atom. The number of hydrogen-bond donors (Lipinski definition) is 2. The van der Waals surface area contributed by atoms with Crippen molar-refractivity contribution in [3.05, 3.63) is 35.6 Å². The first kappa shape index (κ1) is 14.6. The molecule has 0 aliphatic rings. The number of carbonyl (C=O) groups excluding carboxylic acids is 1. The molecule has 0 fully saturated rings. The summed E-state index contributed by atoms with van der Waals surface area (Å²) in [6.45, 7) is 4.05. The highest BCUT2D eigenvalue weighted by atomic mass is 19.1. The zero-order valence-electron chi connectivity index (χ0n) is 10.5. The van der Waals surface area contributed by atoms with Crippen molar-refractivity contribution in [2.45, 2.75) is 26.0 Å². The summed E-state index contributed by atoms with van der Waals surface area (Å²) in [5, 5.41) is 12.5. The second-order valence-electron chi connectivity index (χ2n) is 4.30. The van der Waals surface area contributed by atoms with E-state index in [0.29, 0.717) is 6.54 Å². The van der Waals surface area contributed by atoms with E-state index in [1.807, 2.05) is 13.8 Å². The van der Waals surface area contributed by atoms with E-state index in [2.05, 4.69) is 5.32 Å². The Balaban J connectivity index is 2.40. The first-order valence-corrected chi connectivity index (χ1v) is 5.83. The molecule has 1 aromatic carbocycles. The predicted molar refractivity (Wildman–Crippen MR) is 65.8 cm³/mol. The van der Waals surface area contributed by atoms with Crippen molar-refractivity contribution in [3.8, 4) is 0 Å². The minimum Gasteiger partial charge on any atom is -0.459 e. The van der Waals surface area contributed by atoms with Crippen LogP contribution in [0, 0.1) is 5.82 Å². The van der Waals surface area contributed by atoms with E-state index < -0.39 is 17.9 Å². The third-order valence-electron chi connectivity index (χ3n) is 2.26. The van der Waals surface area contributed by atoms with Crippen LogP contribution in [0.3, 0.4) is 0 Å². The number of benzene rings is 1. The standard InChI is InChI=1S/C13H18FNO3/c1-9(2)15-7-10(16)8-18-13(17)11-5-3-4-6-12(11)14/h3-6,9-10,15-16H,7-8H2,1-2H3. The smallest absolute Gasteiger partial charge is 0.341 e. The van der Waals surface area contributed by atoms with Gasteiger partial charge in [-0.05, 0) is 12.1 Å². The highest BCUT2D eigenvalue weighted by Gasteiger charge is 2.14. The van der Waals surface area contributed by atoms with Crippen molar-refractivity contribution < 1.29 is 19.0 Å². The van der Waals surface area contributed by atoms with Crippen LogP contribution in [0.1, 0.15) is 24.2 Å². The third kappa shape index (κ3) is 4.81. The lowest BCUT2D eigenvalue weighted by molar-refractivity contribution is 0.0251. The van der Waals surface area contributed by atoms with Gasteiger partial charge in [-0.2, -0.15) is 0 Å². The van der Waals surface area contributed by atoms with E-state index in [1.54, 1.807) is 6.07 Å². The van der Waals surface area contributed by atoms with Crippen molar-refractivity contribution in [1.82, 2.24) is 5.32 Å². The van der Waals surface area contributed by atoms with Crippen molar-refractivity contribution >= 4 is 5.97 Å². The normalized spacial score (nSPS) is 12.5. The van der Waals surface area contributed by atoms with Crippen LogP contribution in [0.15, 0.2) is 24.3 Å².